The van der Waals surface area contributed by atoms with Gasteiger partial charge in [0, 0.05) is 13.1 Å². The van der Waals surface area contributed by atoms with Gasteiger partial charge in [0.05, 0.1) is 17.3 Å². The number of hydrogen-bond acceptors (Lipinski definition) is 6. The van der Waals surface area contributed by atoms with Gasteiger partial charge < -0.3 is 14.4 Å². The second-order valence-corrected chi connectivity index (χ2v) is 7.65. The summed E-state index contributed by atoms with van der Waals surface area (Å²) >= 11 is 1.30. The summed E-state index contributed by atoms with van der Waals surface area (Å²) in [5.41, 5.74) is 0.674. The monoisotopic (exact) mass is 467 g/mol. The van der Waals surface area contributed by atoms with E-state index >= 15 is 0 Å². The van der Waals surface area contributed by atoms with Crippen molar-refractivity contribution in [3.63, 3.8) is 0 Å². The van der Waals surface area contributed by atoms with E-state index in [-0.39, 0.29) is 30.7 Å². The third-order valence-corrected chi connectivity index (χ3v) is 5.87. The summed E-state index contributed by atoms with van der Waals surface area (Å²) in [5, 5.41) is 0.547. The van der Waals surface area contributed by atoms with Gasteiger partial charge in [-0.3, -0.25) is 9.69 Å². The van der Waals surface area contributed by atoms with Crippen LogP contribution in [0.1, 0.15) is 13.8 Å². The van der Waals surface area contributed by atoms with Gasteiger partial charge in [0.2, 0.25) is 0 Å². The number of halogens is 2. The van der Waals surface area contributed by atoms with E-state index < -0.39 is 0 Å². The molecule has 0 saturated carbocycles. The van der Waals surface area contributed by atoms with Crippen molar-refractivity contribution in [3.8, 4) is 11.5 Å². The Morgan fingerprint density at radius 2 is 1.74 bits per heavy atom. The molecule has 0 aliphatic heterocycles. The molecule has 3 rings (SSSR count). The number of anilines is 1. The third-order valence-electron chi connectivity index (χ3n) is 4.83. The van der Waals surface area contributed by atoms with Crippen molar-refractivity contribution in [2.24, 2.45) is 0 Å². The molecule has 6 nitrogen and oxygen atoms in total. The SMILES string of the molecule is CCN(CC)CCN(C(=O)COc1ccc(OC)cc1)c1nc2ccc(F)cc2s1.Cl. The quantitative estimate of drug-likeness (QED) is 0.435. The number of benzene rings is 2. The predicted octanol–water partition coefficient (Wildman–Crippen LogP) is 4.62. The van der Waals surface area contributed by atoms with Crippen molar-refractivity contribution in [2.75, 3.05) is 44.8 Å². The fraction of sp³-hybridized carbons (Fsp3) is 0.364. The van der Waals surface area contributed by atoms with E-state index in [0.29, 0.717) is 34.2 Å². The zero-order valence-corrected chi connectivity index (χ0v) is 19.5. The van der Waals surface area contributed by atoms with Crippen molar-refractivity contribution < 1.29 is 18.7 Å². The minimum atomic E-state index is -0.318. The Morgan fingerprint density at radius 3 is 2.39 bits per heavy atom. The summed E-state index contributed by atoms with van der Waals surface area (Å²) in [4.78, 5) is 21.4. The Labute approximate surface area is 192 Å². The van der Waals surface area contributed by atoms with E-state index in [1.165, 1.54) is 23.5 Å². The molecule has 9 heteroatoms. The van der Waals surface area contributed by atoms with Crippen LogP contribution in [-0.2, 0) is 4.79 Å². The minimum Gasteiger partial charge on any atom is -0.497 e. The first-order valence-electron chi connectivity index (χ1n) is 9.89. The lowest BCUT2D eigenvalue weighted by Crippen LogP contribution is -2.41. The second kappa shape index (κ2) is 11.8. The van der Waals surface area contributed by atoms with Crippen LogP contribution in [0.5, 0.6) is 11.5 Å². The Balaban J connectivity index is 0.00000341. The molecule has 0 unspecified atom stereocenters. The summed E-state index contributed by atoms with van der Waals surface area (Å²) in [6, 6.07) is 11.5. The maximum Gasteiger partial charge on any atom is 0.266 e. The van der Waals surface area contributed by atoms with E-state index in [2.05, 4.69) is 23.7 Å². The number of aromatic nitrogens is 1. The molecule has 0 fully saturated rings. The highest BCUT2D eigenvalue weighted by Gasteiger charge is 2.21. The summed E-state index contributed by atoms with van der Waals surface area (Å²) in [7, 11) is 1.59. The molecule has 0 bridgehead atoms. The maximum absolute atomic E-state index is 13.6. The fourth-order valence-electron chi connectivity index (χ4n) is 3.00. The summed E-state index contributed by atoms with van der Waals surface area (Å²) in [6.07, 6.45) is 0. The van der Waals surface area contributed by atoms with Crippen molar-refractivity contribution in [3.05, 3.63) is 48.3 Å². The zero-order chi connectivity index (χ0) is 21.5. The zero-order valence-electron chi connectivity index (χ0n) is 17.8. The average molecular weight is 468 g/mol. The lowest BCUT2D eigenvalue weighted by molar-refractivity contribution is -0.120. The number of likely N-dealkylation sites (N-methyl/N-ethyl adjacent to an activating group) is 1. The fourth-order valence-corrected chi connectivity index (χ4v) is 4.04. The number of carbonyl (C=O) groups excluding carboxylic acids is 1. The molecule has 1 aromatic heterocycles. The van der Waals surface area contributed by atoms with Gasteiger partial charge in [-0.25, -0.2) is 9.37 Å². The number of ether oxygens (including phenoxy) is 2. The van der Waals surface area contributed by atoms with Crippen LogP contribution in [0.3, 0.4) is 0 Å². The molecule has 1 heterocycles. The van der Waals surface area contributed by atoms with Crippen LogP contribution in [0.15, 0.2) is 42.5 Å². The van der Waals surface area contributed by atoms with Crippen LogP contribution in [0, 0.1) is 5.82 Å². The van der Waals surface area contributed by atoms with Crippen LogP contribution in [-0.4, -0.2) is 55.7 Å². The van der Waals surface area contributed by atoms with Gasteiger partial charge in [-0.05, 0) is 55.6 Å². The first kappa shape index (κ1) is 24.8. The predicted molar refractivity (Wildman–Crippen MR) is 125 cm³/mol. The summed E-state index contributed by atoms with van der Waals surface area (Å²) in [5.74, 6) is 0.787. The molecule has 31 heavy (non-hydrogen) atoms. The van der Waals surface area contributed by atoms with Gasteiger partial charge >= 0.3 is 0 Å². The topological polar surface area (TPSA) is 54.9 Å². The van der Waals surface area contributed by atoms with Crippen LogP contribution in [0.25, 0.3) is 10.2 Å². The summed E-state index contributed by atoms with van der Waals surface area (Å²) < 4.78 is 25.1. The Bertz CT molecular complexity index is 980. The van der Waals surface area contributed by atoms with Crippen molar-refractivity contribution in [2.45, 2.75) is 13.8 Å². The van der Waals surface area contributed by atoms with Crippen LogP contribution >= 0.6 is 23.7 Å². The Hall–Kier alpha value is -2.42. The van der Waals surface area contributed by atoms with E-state index in [9.17, 15) is 9.18 Å². The van der Waals surface area contributed by atoms with Gasteiger partial charge in [-0.15, -0.1) is 12.4 Å². The van der Waals surface area contributed by atoms with E-state index in [4.69, 9.17) is 9.47 Å². The summed E-state index contributed by atoms with van der Waals surface area (Å²) in [6.45, 7) is 7.04. The van der Waals surface area contributed by atoms with Gasteiger partial charge in [0.25, 0.3) is 5.91 Å². The smallest absolute Gasteiger partial charge is 0.266 e. The number of methoxy groups -OCH3 is 1. The molecule has 3 aromatic rings. The Kier molecular flexibility index (Phi) is 9.48. The number of carbonyl (C=O) groups is 1. The molecule has 168 valence electrons. The van der Waals surface area contributed by atoms with Gasteiger partial charge in [0.1, 0.15) is 17.3 Å². The lowest BCUT2D eigenvalue weighted by Gasteiger charge is -2.24. The normalized spacial score (nSPS) is 10.7. The number of amides is 1. The molecular weight excluding hydrogens is 441 g/mol. The minimum absolute atomic E-state index is 0. The van der Waals surface area contributed by atoms with Crippen molar-refractivity contribution in [1.29, 1.82) is 0 Å². The number of rotatable bonds is 10. The molecule has 0 radical (unpaired) electrons. The molecule has 0 spiro atoms. The second-order valence-electron chi connectivity index (χ2n) is 6.64. The van der Waals surface area contributed by atoms with Crippen LogP contribution in [0.2, 0.25) is 0 Å². The largest absolute Gasteiger partial charge is 0.497 e. The van der Waals surface area contributed by atoms with Crippen LogP contribution < -0.4 is 14.4 Å². The van der Waals surface area contributed by atoms with Crippen molar-refractivity contribution in [1.82, 2.24) is 9.88 Å². The first-order chi connectivity index (χ1) is 14.5. The maximum atomic E-state index is 13.6. The van der Waals surface area contributed by atoms with E-state index in [1.807, 2.05) is 0 Å². The van der Waals surface area contributed by atoms with Crippen LogP contribution in [0.4, 0.5) is 9.52 Å². The van der Waals surface area contributed by atoms with Gasteiger partial charge in [-0.2, -0.15) is 0 Å². The lowest BCUT2D eigenvalue weighted by atomic mass is 10.3. The first-order valence-corrected chi connectivity index (χ1v) is 10.7. The number of fused-ring (bicyclic) bond motifs is 1. The highest BCUT2D eigenvalue weighted by Crippen LogP contribution is 2.29. The molecule has 1 amide bonds. The molecule has 0 atom stereocenters. The average Bonchev–Trinajstić information content (AvgIpc) is 3.18. The number of nitrogens with zero attached hydrogens (tertiary/aromatic N) is 3. The molecule has 0 aliphatic carbocycles. The molecule has 0 aliphatic rings. The number of thiazole rings is 1. The highest BCUT2D eigenvalue weighted by atomic mass is 35.5. The van der Waals surface area contributed by atoms with E-state index in [0.717, 1.165) is 18.8 Å². The number of hydrogen-bond donors (Lipinski definition) is 0. The molecule has 2 aromatic carbocycles. The standard InChI is InChI=1S/C22H26FN3O3S.ClH/c1-4-25(5-2)12-13-26(22-24-19-11-6-16(23)14-20(19)30-22)21(27)15-29-18-9-7-17(28-3)8-10-18;/h6-11,14H,4-5,12-13,15H2,1-3H3;1H. The molecule has 0 saturated heterocycles. The van der Waals surface area contributed by atoms with Crippen molar-refractivity contribution >= 4 is 45.0 Å². The van der Waals surface area contributed by atoms with E-state index in [1.54, 1.807) is 42.3 Å². The molecule has 0 N–H and O–H groups in total. The highest BCUT2D eigenvalue weighted by molar-refractivity contribution is 7.22. The third kappa shape index (κ3) is 6.53. The molecular formula is C22H27ClFN3O3S. The van der Waals surface area contributed by atoms with Gasteiger partial charge in [0.15, 0.2) is 11.7 Å². The van der Waals surface area contributed by atoms with Gasteiger partial charge in [-0.1, -0.05) is 25.2 Å². The Morgan fingerprint density at radius 1 is 1.06 bits per heavy atom.